The molecule has 1 fully saturated rings. The van der Waals surface area contributed by atoms with Crippen molar-refractivity contribution in [3.63, 3.8) is 0 Å². The van der Waals surface area contributed by atoms with Crippen molar-refractivity contribution in [3.8, 4) is 11.4 Å². The second-order valence-corrected chi connectivity index (χ2v) is 8.07. The van der Waals surface area contributed by atoms with Gasteiger partial charge in [-0.15, -0.1) is 0 Å². The molecule has 1 aliphatic rings. The van der Waals surface area contributed by atoms with Gasteiger partial charge in [0, 0.05) is 69.8 Å². The number of carbonyl (C=O) groups excluding carboxylic acids is 3. The molecule has 0 spiro atoms. The normalized spacial score (nSPS) is 13.4. The molecule has 3 amide bonds. The minimum absolute atomic E-state index is 0.00587. The zero-order valence-electron chi connectivity index (χ0n) is 18.7. The Morgan fingerprint density at radius 2 is 1.61 bits per heavy atom. The number of rotatable bonds is 8. The lowest BCUT2D eigenvalue weighted by Crippen LogP contribution is -2.51. The smallest absolute Gasteiger partial charge is 0.242 e. The fourth-order valence-electron chi connectivity index (χ4n) is 3.34. The third-order valence-corrected chi connectivity index (χ3v) is 5.32. The number of carbonyl (C=O) groups is 3. The van der Waals surface area contributed by atoms with Gasteiger partial charge in [-0.3, -0.25) is 14.4 Å². The van der Waals surface area contributed by atoms with Crippen LogP contribution in [0.1, 0.15) is 13.8 Å². The Kier molecular flexibility index (Phi) is 8.42. The lowest BCUT2D eigenvalue weighted by atomic mass is 10.2. The van der Waals surface area contributed by atoms with E-state index in [4.69, 9.17) is 16.6 Å². The molecule has 176 valence electrons. The van der Waals surface area contributed by atoms with Gasteiger partial charge in [0.15, 0.2) is 5.82 Å². The van der Waals surface area contributed by atoms with E-state index >= 15 is 0 Å². The molecule has 0 aliphatic carbocycles. The highest BCUT2D eigenvalue weighted by Gasteiger charge is 2.23. The number of benzene rings is 1. The van der Waals surface area contributed by atoms with Gasteiger partial charge in [0.2, 0.25) is 17.7 Å². The summed E-state index contributed by atoms with van der Waals surface area (Å²) in [6, 6.07) is 9.16. The topological polar surface area (TPSA) is 120 Å². The third-order valence-electron chi connectivity index (χ3n) is 5.07. The monoisotopic (exact) mass is 473 g/mol. The van der Waals surface area contributed by atoms with Crippen molar-refractivity contribution in [2.24, 2.45) is 0 Å². The van der Waals surface area contributed by atoms with E-state index in [9.17, 15) is 14.4 Å². The molecule has 0 bridgehead atoms. The highest BCUT2D eigenvalue weighted by Crippen LogP contribution is 2.24. The maximum Gasteiger partial charge on any atom is 0.242 e. The van der Waals surface area contributed by atoms with Gasteiger partial charge in [0.25, 0.3) is 0 Å². The van der Waals surface area contributed by atoms with Crippen LogP contribution in [0, 0.1) is 0 Å². The molecule has 1 aromatic heterocycles. The molecule has 1 aliphatic heterocycles. The van der Waals surface area contributed by atoms with E-state index < -0.39 is 0 Å². The van der Waals surface area contributed by atoms with Gasteiger partial charge in [-0.1, -0.05) is 11.6 Å². The summed E-state index contributed by atoms with van der Waals surface area (Å²) >= 11 is 6.02. The molecule has 3 rings (SSSR count). The first kappa shape index (κ1) is 24.2. The summed E-state index contributed by atoms with van der Waals surface area (Å²) in [5.41, 5.74) is 0.829. The summed E-state index contributed by atoms with van der Waals surface area (Å²) in [4.78, 5) is 47.6. The molecule has 2 heterocycles. The van der Waals surface area contributed by atoms with Gasteiger partial charge in [0.05, 0.1) is 6.54 Å². The average molecular weight is 474 g/mol. The van der Waals surface area contributed by atoms with Crippen LogP contribution in [0.25, 0.3) is 11.4 Å². The van der Waals surface area contributed by atoms with Crippen LogP contribution in [-0.4, -0.2) is 78.4 Å². The Morgan fingerprint density at radius 3 is 2.24 bits per heavy atom. The van der Waals surface area contributed by atoms with E-state index in [0.717, 1.165) is 11.4 Å². The fraction of sp³-hybridized carbons (Fsp3) is 0.409. The van der Waals surface area contributed by atoms with Crippen molar-refractivity contribution >= 4 is 41.0 Å². The number of nitrogens with one attached hydrogen (secondary N) is 3. The van der Waals surface area contributed by atoms with Gasteiger partial charge < -0.3 is 25.8 Å². The summed E-state index contributed by atoms with van der Waals surface area (Å²) in [7, 11) is 0. The number of hydrogen-bond donors (Lipinski definition) is 3. The molecule has 11 heteroatoms. The van der Waals surface area contributed by atoms with E-state index in [1.54, 1.807) is 17.0 Å². The minimum atomic E-state index is -0.226. The number of aromatic nitrogens is 2. The Bertz CT molecular complexity index is 992. The van der Waals surface area contributed by atoms with E-state index in [-0.39, 0.29) is 24.3 Å². The quantitative estimate of drug-likeness (QED) is 0.491. The van der Waals surface area contributed by atoms with Crippen molar-refractivity contribution in [1.82, 2.24) is 25.5 Å². The van der Waals surface area contributed by atoms with Crippen molar-refractivity contribution in [2.75, 3.05) is 56.0 Å². The summed E-state index contributed by atoms with van der Waals surface area (Å²) in [6.45, 7) is 6.13. The van der Waals surface area contributed by atoms with Gasteiger partial charge in [-0.25, -0.2) is 9.97 Å². The van der Waals surface area contributed by atoms with Crippen molar-refractivity contribution < 1.29 is 14.4 Å². The molecular formula is C22H28ClN7O3. The molecule has 2 aromatic rings. The first-order chi connectivity index (χ1) is 15.8. The Morgan fingerprint density at radius 1 is 0.939 bits per heavy atom. The van der Waals surface area contributed by atoms with Gasteiger partial charge >= 0.3 is 0 Å². The highest BCUT2D eigenvalue weighted by atomic mass is 35.5. The summed E-state index contributed by atoms with van der Waals surface area (Å²) in [5.74, 6) is 1.51. The summed E-state index contributed by atoms with van der Waals surface area (Å²) < 4.78 is 0. The van der Waals surface area contributed by atoms with Gasteiger partial charge in [-0.2, -0.15) is 0 Å². The predicted molar refractivity (Wildman–Crippen MR) is 127 cm³/mol. The maximum absolute atomic E-state index is 12.3. The molecular weight excluding hydrogens is 446 g/mol. The minimum Gasteiger partial charge on any atom is -0.368 e. The number of anilines is 2. The van der Waals surface area contributed by atoms with Crippen LogP contribution in [0.15, 0.2) is 30.3 Å². The van der Waals surface area contributed by atoms with E-state index in [1.807, 2.05) is 18.2 Å². The van der Waals surface area contributed by atoms with Crippen LogP contribution in [0.2, 0.25) is 5.02 Å². The number of amides is 3. The summed E-state index contributed by atoms with van der Waals surface area (Å²) in [5, 5.41) is 9.15. The van der Waals surface area contributed by atoms with E-state index in [0.29, 0.717) is 55.9 Å². The third kappa shape index (κ3) is 7.31. The molecule has 10 nitrogen and oxygen atoms in total. The van der Waals surface area contributed by atoms with Crippen LogP contribution in [0.5, 0.6) is 0 Å². The summed E-state index contributed by atoms with van der Waals surface area (Å²) in [6.07, 6.45) is 0. The SMILES string of the molecule is CC(=O)NCCNc1cc(N2CCN(C(=O)CNC(C)=O)CC2)nc(-c2ccc(Cl)cc2)n1. The Hall–Kier alpha value is -3.40. The average Bonchev–Trinajstić information content (AvgIpc) is 2.80. The molecule has 3 N–H and O–H groups in total. The number of hydrogen-bond acceptors (Lipinski definition) is 7. The number of nitrogens with zero attached hydrogens (tertiary/aromatic N) is 4. The van der Waals surface area contributed by atoms with Crippen LogP contribution >= 0.6 is 11.6 Å². The highest BCUT2D eigenvalue weighted by molar-refractivity contribution is 6.30. The zero-order valence-corrected chi connectivity index (χ0v) is 19.5. The first-order valence-electron chi connectivity index (χ1n) is 10.7. The van der Waals surface area contributed by atoms with Crippen molar-refractivity contribution in [3.05, 3.63) is 35.4 Å². The lowest BCUT2D eigenvalue weighted by molar-refractivity contribution is -0.132. The number of piperazine rings is 1. The van der Waals surface area contributed by atoms with Gasteiger partial charge in [-0.05, 0) is 24.3 Å². The van der Waals surface area contributed by atoms with E-state index in [1.165, 1.54) is 13.8 Å². The molecule has 0 atom stereocenters. The van der Waals surface area contributed by atoms with Crippen LogP contribution < -0.4 is 20.9 Å². The second kappa shape index (κ2) is 11.5. The first-order valence-corrected chi connectivity index (χ1v) is 11.1. The standard InChI is InChI=1S/C22H28ClN7O3/c1-15(31)24-7-8-25-19-13-20(28-22(27-19)17-3-5-18(23)6-4-17)29-9-11-30(12-10-29)21(33)14-26-16(2)32/h3-6,13H,7-12,14H2,1-2H3,(H,24,31)(H,26,32)(H,25,27,28). The zero-order chi connectivity index (χ0) is 23.8. The Balaban J connectivity index is 1.73. The largest absolute Gasteiger partial charge is 0.368 e. The molecule has 0 unspecified atom stereocenters. The molecule has 1 aromatic carbocycles. The van der Waals surface area contributed by atoms with Crippen LogP contribution in [0.4, 0.5) is 11.6 Å². The number of halogens is 1. The van der Waals surface area contributed by atoms with Crippen molar-refractivity contribution in [1.29, 1.82) is 0 Å². The Labute approximate surface area is 197 Å². The molecule has 0 saturated carbocycles. The predicted octanol–water partition coefficient (Wildman–Crippen LogP) is 1.13. The second-order valence-electron chi connectivity index (χ2n) is 7.63. The fourth-order valence-corrected chi connectivity index (χ4v) is 3.47. The molecule has 1 saturated heterocycles. The van der Waals surface area contributed by atoms with Gasteiger partial charge in [0.1, 0.15) is 11.6 Å². The maximum atomic E-state index is 12.3. The van der Waals surface area contributed by atoms with Crippen LogP contribution in [0.3, 0.4) is 0 Å². The molecule has 0 radical (unpaired) electrons. The molecule has 33 heavy (non-hydrogen) atoms. The lowest BCUT2D eigenvalue weighted by Gasteiger charge is -2.35. The van der Waals surface area contributed by atoms with Crippen molar-refractivity contribution in [2.45, 2.75) is 13.8 Å². The van der Waals surface area contributed by atoms with E-state index in [2.05, 4.69) is 25.8 Å². The van der Waals surface area contributed by atoms with Crippen LogP contribution in [-0.2, 0) is 14.4 Å².